The Morgan fingerprint density at radius 2 is 1.74 bits per heavy atom. The maximum absolute atomic E-state index is 11.7. The molecule has 0 aliphatic rings. The fourth-order valence-electron chi connectivity index (χ4n) is 1.66. The Morgan fingerprint density at radius 3 is 2.11 bits per heavy atom. The number of hydrogen-bond donors (Lipinski definition) is 1. The molecule has 1 aromatic carbocycles. The van der Waals surface area contributed by atoms with Crippen LogP contribution < -0.4 is 19.5 Å². The highest BCUT2D eigenvalue weighted by molar-refractivity contribution is 6.30. The minimum atomic E-state index is -0.811. The van der Waals surface area contributed by atoms with Crippen LogP contribution in [0.4, 0.5) is 0 Å². The molecule has 19 heavy (non-hydrogen) atoms. The first kappa shape index (κ1) is 15.4. The number of nitrogens with one attached hydrogen (secondary N) is 1. The number of methoxy groups -OCH3 is 3. The molecule has 1 N–H and O–H groups in total. The Balaban J connectivity index is 3.18. The highest BCUT2D eigenvalue weighted by Crippen LogP contribution is 2.40. The van der Waals surface area contributed by atoms with Crippen LogP contribution in [0.2, 0.25) is 0 Å². The van der Waals surface area contributed by atoms with Gasteiger partial charge in [0, 0.05) is 6.54 Å². The molecule has 5 nitrogen and oxygen atoms in total. The maximum atomic E-state index is 11.7. The van der Waals surface area contributed by atoms with E-state index in [0.29, 0.717) is 29.4 Å². The molecule has 1 amide bonds. The average Bonchev–Trinajstić information content (AvgIpc) is 2.44. The quantitative estimate of drug-likeness (QED) is 0.815. The zero-order valence-corrected chi connectivity index (χ0v) is 12.2. The van der Waals surface area contributed by atoms with E-state index in [2.05, 4.69) is 5.32 Å². The summed E-state index contributed by atoms with van der Waals surface area (Å²) in [5.41, 5.74) is 0.585. The van der Waals surface area contributed by atoms with Crippen molar-refractivity contribution in [1.82, 2.24) is 5.32 Å². The van der Waals surface area contributed by atoms with Gasteiger partial charge in [-0.25, -0.2) is 0 Å². The summed E-state index contributed by atoms with van der Waals surface area (Å²) in [4.78, 5) is 11.7. The number of rotatable bonds is 6. The zero-order chi connectivity index (χ0) is 14.4. The van der Waals surface area contributed by atoms with Gasteiger partial charge < -0.3 is 19.5 Å². The summed E-state index contributed by atoms with van der Waals surface area (Å²) in [7, 11) is 4.54. The predicted molar refractivity (Wildman–Crippen MR) is 73.4 cm³/mol. The summed E-state index contributed by atoms with van der Waals surface area (Å²) in [6.45, 7) is 2.35. The summed E-state index contributed by atoms with van der Waals surface area (Å²) in [6.07, 6.45) is 0. The van der Waals surface area contributed by atoms with Crippen LogP contribution in [0.25, 0.3) is 0 Å². The molecule has 0 bridgehead atoms. The Labute approximate surface area is 117 Å². The largest absolute Gasteiger partial charge is 0.493 e. The third-order valence-corrected chi connectivity index (χ3v) is 3.01. The van der Waals surface area contributed by atoms with Crippen molar-refractivity contribution in [3.63, 3.8) is 0 Å². The average molecular weight is 288 g/mol. The van der Waals surface area contributed by atoms with Crippen LogP contribution in [0.1, 0.15) is 17.9 Å². The number of amides is 1. The minimum Gasteiger partial charge on any atom is -0.493 e. The van der Waals surface area contributed by atoms with Crippen LogP contribution >= 0.6 is 11.6 Å². The first-order chi connectivity index (χ1) is 9.08. The molecule has 1 rings (SSSR count). The summed E-state index contributed by atoms with van der Waals surface area (Å²) < 4.78 is 15.6. The van der Waals surface area contributed by atoms with Crippen molar-refractivity contribution >= 4 is 17.5 Å². The van der Waals surface area contributed by atoms with Crippen molar-refractivity contribution in [3.05, 3.63) is 17.7 Å². The molecular formula is C13H18ClNO4. The van der Waals surface area contributed by atoms with Gasteiger partial charge >= 0.3 is 0 Å². The van der Waals surface area contributed by atoms with Gasteiger partial charge in [-0.3, -0.25) is 4.79 Å². The molecule has 1 unspecified atom stereocenters. The number of benzene rings is 1. The molecule has 1 atom stereocenters. The lowest BCUT2D eigenvalue weighted by molar-refractivity contribution is -0.120. The van der Waals surface area contributed by atoms with Gasteiger partial charge in [0.05, 0.1) is 21.3 Å². The van der Waals surface area contributed by atoms with Crippen LogP contribution in [-0.4, -0.2) is 33.8 Å². The first-order valence-electron chi connectivity index (χ1n) is 5.80. The van der Waals surface area contributed by atoms with Crippen molar-refractivity contribution in [2.75, 3.05) is 27.9 Å². The van der Waals surface area contributed by atoms with E-state index < -0.39 is 5.38 Å². The Hall–Kier alpha value is -1.62. The summed E-state index contributed by atoms with van der Waals surface area (Å²) in [5, 5.41) is 1.85. The molecular weight excluding hydrogens is 270 g/mol. The van der Waals surface area contributed by atoms with Crippen molar-refractivity contribution in [2.45, 2.75) is 12.3 Å². The van der Waals surface area contributed by atoms with Crippen molar-refractivity contribution in [2.24, 2.45) is 0 Å². The second kappa shape index (κ2) is 7.09. The van der Waals surface area contributed by atoms with Crippen molar-refractivity contribution in [3.8, 4) is 17.2 Å². The SMILES string of the molecule is CCNC(=O)C(Cl)c1cc(OC)c(OC)c(OC)c1. The van der Waals surface area contributed by atoms with Gasteiger partial charge in [-0.2, -0.15) is 0 Å². The second-order valence-electron chi connectivity index (χ2n) is 3.72. The fourth-order valence-corrected chi connectivity index (χ4v) is 1.87. The molecule has 0 saturated carbocycles. The number of alkyl halides is 1. The van der Waals surface area contributed by atoms with Crippen LogP contribution in [0, 0.1) is 0 Å². The third-order valence-electron chi connectivity index (χ3n) is 2.56. The number of carbonyl (C=O) groups is 1. The molecule has 0 saturated heterocycles. The molecule has 0 fully saturated rings. The Morgan fingerprint density at radius 1 is 1.21 bits per heavy atom. The van der Waals surface area contributed by atoms with Crippen LogP contribution in [-0.2, 0) is 4.79 Å². The first-order valence-corrected chi connectivity index (χ1v) is 6.24. The molecule has 106 valence electrons. The van der Waals surface area contributed by atoms with Gasteiger partial charge in [0.25, 0.3) is 0 Å². The zero-order valence-electron chi connectivity index (χ0n) is 11.5. The van der Waals surface area contributed by atoms with E-state index in [0.717, 1.165) is 0 Å². The standard InChI is InChI=1S/C13H18ClNO4/c1-5-15-13(16)11(14)8-6-9(17-2)12(19-4)10(7-8)18-3/h6-7,11H,5H2,1-4H3,(H,15,16). The maximum Gasteiger partial charge on any atom is 0.242 e. The highest BCUT2D eigenvalue weighted by Gasteiger charge is 2.21. The van der Waals surface area contributed by atoms with Gasteiger partial charge in [0.15, 0.2) is 11.5 Å². The van der Waals surface area contributed by atoms with Gasteiger partial charge in [-0.1, -0.05) is 0 Å². The van der Waals surface area contributed by atoms with E-state index in [1.54, 1.807) is 12.1 Å². The predicted octanol–water partition coefficient (Wildman–Crippen LogP) is 2.13. The number of halogens is 1. The third kappa shape index (κ3) is 3.44. The molecule has 0 aromatic heterocycles. The molecule has 0 heterocycles. The number of ether oxygens (including phenoxy) is 3. The molecule has 0 radical (unpaired) electrons. The normalized spacial score (nSPS) is 11.6. The topological polar surface area (TPSA) is 56.8 Å². The van der Waals surface area contributed by atoms with Crippen LogP contribution in [0.5, 0.6) is 17.2 Å². The van der Waals surface area contributed by atoms with Gasteiger partial charge in [0.2, 0.25) is 11.7 Å². The monoisotopic (exact) mass is 287 g/mol. The minimum absolute atomic E-state index is 0.265. The molecule has 0 aliphatic carbocycles. The second-order valence-corrected chi connectivity index (χ2v) is 4.15. The Kier molecular flexibility index (Phi) is 5.76. The molecule has 0 spiro atoms. The smallest absolute Gasteiger partial charge is 0.242 e. The lowest BCUT2D eigenvalue weighted by Gasteiger charge is -2.16. The lowest BCUT2D eigenvalue weighted by Crippen LogP contribution is -2.26. The number of likely N-dealkylation sites (N-methyl/N-ethyl adjacent to an activating group) is 1. The fraction of sp³-hybridized carbons (Fsp3) is 0.462. The van der Waals surface area contributed by atoms with E-state index >= 15 is 0 Å². The van der Waals surface area contributed by atoms with Crippen LogP contribution in [0.3, 0.4) is 0 Å². The Bertz CT molecular complexity index is 425. The van der Waals surface area contributed by atoms with Gasteiger partial charge in [0.1, 0.15) is 5.38 Å². The van der Waals surface area contributed by atoms with Crippen molar-refractivity contribution in [1.29, 1.82) is 0 Å². The van der Waals surface area contributed by atoms with Crippen molar-refractivity contribution < 1.29 is 19.0 Å². The summed E-state index contributed by atoms with van der Waals surface area (Å²) in [6, 6.07) is 3.32. The van der Waals surface area contributed by atoms with Crippen LogP contribution in [0.15, 0.2) is 12.1 Å². The van der Waals surface area contributed by atoms with E-state index in [-0.39, 0.29) is 5.91 Å². The molecule has 6 heteroatoms. The summed E-state index contributed by atoms with van der Waals surface area (Å²) >= 11 is 6.12. The molecule has 1 aromatic rings. The van der Waals surface area contributed by atoms with Gasteiger partial charge in [-0.15, -0.1) is 11.6 Å². The van der Waals surface area contributed by atoms with E-state index in [1.807, 2.05) is 6.92 Å². The lowest BCUT2D eigenvalue weighted by atomic mass is 10.1. The van der Waals surface area contributed by atoms with E-state index in [4.69, 9.17) is 25.8 Å². The number of carbonyl (C=O) groups excluding carboxylic acids is 1. The highest BCUT2D eigenvalue weighted by atomic mass is 35.5. The molecule has 0 aliphatic heterocycles. The van der Waals surface area contributed by atoms with Gasteiger partial charge in [-0.05, 0) is 24.6 Å². The number of hydrogen-bond acceptors (Lipinski definition) is 4. The van der Waals surface area contributed by atoms with E-state index in [9.17, 15) is 4.79 Å². The van der Waals surface area contributed by atoms with E-state index in [1.165, 1.54) is 21.3 Å². The summed E-state index contributed by atoms with van der Waals surface area (Å²) in [5.74, 6) is 1.13.